The first-order valence-corrected chi connectivity index (χ1v) is 6.73. The largest absolute Gasteiger partial charge is 0.376 e. The molecule has 1 aromatic carbocycles. The summed E-state index contributed by atoms with van der Waals surface area (Å²) in [6.45, 7) is 2.68. The average molecular weight is 316 g/mol. The summed E-state index contributed by atoms with van der Waals surface area (Å²) in [6.07, 6.45) is 0.947. The molecule has 1 saturated heterocycles. The van der Waals surface area contributed by atoms with E-state index in [1.54, 1.807) is 6.07 Å². The molecule has 1 aliphatic heterocycles. The van der Waals surface area contributed by atoms with Crippen LogP contribution in [0.5, 0.6) is 0 Å². The van der Waals surface area contributed by atoms with Crippen LogP contribution in [0.2, 0.25) is 0 Å². The lowest BCUT2D eigenvalue weighted by atomic mass is 10.1. The first-order valence-electron chi connectivity index (χ1n) is 5.49. The Morgan fingerprint density at radius 2 is 2.35 bits per heavy atom. The zero-order chi connectivity index (χ0) is 12.4. The summed E-state index contributed by atoms with van der Waals surface area (Å²) in [5, 5.41) is 2.99. The third-order valence-corrected chi connectivity index (χ3v) is 3.86. The number of thiol groups is 1. The number of carbonyl (C=O) groups is 1. The third-order valence-electron chi connectivity index (χ3n) is 2.89. The van der Waals surface area contributed by atoms with Gasteiger partial charge in [0.2, 0.25) is 0 Å². The van der Waals surface area contributed by atoms with Crippen molar-refractivity contribution >= 4 is 34.5 Å². The lowest BCUT2D eigenvalue weighted by Gasteiger charge is -2.16. The molecule has 2 unspecified atom stereocenters. The van der Waals surface area contributed by atoms with Crippen molar-refractivity contribution in [3.63, 3.8) is 0 Å². The molecule has 3 nitrogen and oxygen atoms in total. The van der Waals surface area contributed by atoms with Crippen LogP contribution >= 0.6 is 28.6 Å². The normalized spacial score (nSPS) is 23.7. The highest BCUT2D eigenvalue weighted by atomic mass is 79.9. The smallest absolute Gasteiger partial charge is 0.252 e. The van der Waals surface area contributed by atoms with Crippen molar-refractivity contribution in [2.75, 3.05) is 6.61 Å². The van der Waals surface area contributed by atoms with Crippen LogP contribution in [0.15, 0.2) is 27.6 Å². The van der Waals surface area contributed by atoms with Gasteiger partial charge in [0.15, 0.2) is 0 Å². The van der Waals surface area contributed by atoms with E-state index in [9.17, 15) is 4.79 Å². The number of hydrogen-bond donors (Lipinski definition) is 2. The van der Waals surface area contributed by atoms with Crippen molar-refractivity contribution in [1.29, 1.82) is 0 Å². The molecule has 0 radical (unpaired) electrons. The van der Waals surface area contributed by atoms with Gasteiger partial charge in [-0.1, -0.05) is 0 Å². The summed E-state index contributed by atoms with van der Waals surface area (Å²) >= 11 is 7.61. The second-order valence-corrected chi connectivity index (χ2v) is 5.48. The summed E-state index contributed by atoms with van der Waals surface area (Å²) < 4.78 is 6.19. The SMILES string of the molecule is CC1OCCC1NC(=O)c1cc(S)ccc1Br. The van der Waals surface area contributed by atoms with Crippen molar-refractivity contribution in [3.8, 4) is 0 Å². The predicted molar refractivity (Wildman–Crippen MR) is 72.7 cm³/mol. The van der Waals surface area contributed by atoms with Crippen LogP contribution < -0.4 is 5.32 Å². The molecule has 1 aliphatic rings. The van der Waals surface area contributed by atoms with Gasteiger partial charge in [0.25, 0.3) is 5.91 Å². The highest BCUT2D eigenvalue weighted by Gasteiger charge is 2.26. The maximum atomic E-state index is 12.1. The molecule has 1 fully saturated rings. The first-order chi connectivity index (χ1) is 8.08. The van der Waals surface area contributed by atoms with Gasteiger partial charge in [-0.2, -0.15) is 0 Å². The molecule has 5 heteroatoms. The minimum Gasteiger partial charge on any atom is -0.376 e. The quantitative estimate of drug-likeness (QED) is 0.823. The monoisotopic (exact) mass is 315 g/mol. The molecule has 0 bridgehead atoms. The molecule has 0 spiro atoms. The summed E-state index contributed by atoms with van der Waals surface area (Å²) in [5.41, 5.74) is 0.608. The molecule has 0 saturated carbocycles. The first kappa shape index (κ1) is 12.9. The van der Waals surface area contributed by atoms with Gasteiger partial charge in [-0.05, 0) is 47.5 Å². The number of halogens is 1. The molecule has 17 heavy (non-hydrogen) atoms. The van der Waals surface area contributed by atoms with E-state index in [-0.39, 0.29) is 18.1 Å². The van der Waals surface area contributed by atoms with Crippen molar-refractivity contribution in [2.24, 2.45) is 0 Å². The van der Waals surface area contributed by atoms with E-state index in [4.69, 9.17) is 4.74 Å². The van der Waals surface area contributed by atoms with Crippen LogP contribution in [-0.2, 0) is 4.74 Å². The lowest BCUT2D eigenvalue weighted by Crippen LogP contribution is -2.39. The molecule has 2 atom stereocenters. The number of ether oxygens (including phenoxy) is 1. The fraction of sp³-hybridized carbons (Fsp3) is 0.417. The molecule has 2 rings (SSSR count). The Balaban J connectivity index is 2.11. The Morgan fingerprint density at radius 1 is 1.59 bits per heavy atom. The van der Waals surface area contributed by atoms with Crippen LogP contribution in [0.4, 0.5) is 0 Å². The summed E-state index contributed by atoms with van der Waals surface area (Å²) in [4.78, 5) is 12.9. The van der Waals surface area contributed by atoms with Gasteiger partial charge < -0.3 is 10.1 Å². The van der Waals surface area contributed by atoms with Crippen molar-refractivity contribution in [1.82, 2.24) is 5.32 Å². The van der Waals surface area contributed by atoms with Crippen LogP contribution in [0, 0.1) is 0 Å². The molecule has 92 valence electrons. The molecular weight excluding hydrogens is 302 g/mol. The maximum Gasteiger partial charge on any atom is 0.252 e. The summed E-state index contributed by atoms with van der Waals surface area (Å²) in [5.74, 6) is -0.0878. The second-order valence-electron chi connectivity index (χ2n) is 4.11. The second kappa shape index (κ2) is 5.42. The zero-order valence-corrected chi connectivity index (χ0v) is 11.9. The highest BCUT2D eigenvalue weighted by molar-refractivity contribution is 9.10. The van der Waals surface area contributed by atoms with Crippen molar-refractivity contribution in [2.45, 2.75) is 30.4 Å². The minimum atomic E-state index is -0.0878. The number of rotatable bonds is 2. The molecular formula is C12H14BrNO2S. The Labute approximate surface area is 114 Å². The summed E-state index contributed by atoms with van der Waals surface area (Å²) in [7, 11) is 0. The molecule has 0 aromatic heterocycles. The Morgan fingerprint density at radius 3 is 3.00 bits per heavy atom. The predicted octanol–water partition coefficient (Wildman–Crippen LogP) is 2.65. The van der Waals surface area contributed by atoms with E-state index in [2.05, 4.69) is 33.9 Å². The third kappa shape index (κ3) is 3.03. The average Bonchev–Trinajstić information content (AvgIpc) is 2.68. The van der Waals surface area contributed by atoms with Gasteiger partial charge in [0.05, 0.1) is 17.7 Å². The number of hydrogen-bond acceptors (Lipinski definition) is 3. The topological polar surface area (TPSA) is 38.3 Å². The van der Waals surface area contributed by atoms with E-state index < -0.39 is 0 Å². The van der Waals surface area contributed by atoms with E-state index in [0.717, 1.165) is 15.8 Å². The fourth-order valence-electron chi connectivity index (χ4n) is 1.85. The van der Waals surface area contributed by atoms with Crippen LogP contribution in [-0.4, -0.2) is 24.7 Å². The maximum absolute atomic E-state index is 12.1. The van der Waals surface area contributed by atoms with Crippen LogP contribution in [0.3, 0.4) is 0 Å². The van der Waals surface area contributed by atoms with Crippen LogP contribution in [0.1, 0.15) is 23.7 Å². The number of benzene rings is 1. The fourth-order valence-corrected chi connectivity index (χ4v) is 2.49. The lowest BCUT2D eigenvalue weighted by molar-refractivity contribution is 0.0865. The van der Waals surface area contributed by atoms with Crippen molar-refractivity contribution < 1.29 is 9.53 Å². The van der Waals surface area contributed by atoms with E-state index in [0.29, 0.717) is 12.2 Å². The van der Waals surface area contributed by atoms with Gasteiger partial charge in [-0.25, -0.2) is 0 Å². The molecule has 1 heterocycles. The molecule has 1 aromatic rings. The summed E-state index contributed by atoms with van der Waals surface area (Å²) in [6, 6.07) is 5.51. The number of nitrogens with one attached hydrogen (secondary N) is 1. The molecule has 0 aliphatic carbocycles. The van der Waals surface area contributed by atoms with Crippen molar-refractivity contribution in [3.05, 3.63) is 28.2 Å². The van der Waals surface area contributed by atoms with Crippen LogP contribution in [0.25, 0.3) is 0 Å². The number of carbonyl (C=O) groups excluding carboxylic acids is 1. The van der Waals surface area contributed by atoms with E-state index in [1.807, 2.05) is 19.1 Å². The van der Waals surface area contributed by atoms with E-state index >= 15 is 0 Å². The molecule has 1 N–H and O–H groups in total. The molecule has 1 amide bonds. The highest BCUT2D eigenvalue weighted by Crippen LogP contribution is 2.21. The van der Waals surface area contributed by atoms with Gasteiger partial charge in [-0.15, -0.1) is 12.6 Å². The van der Waals surface area contributed by atoms with Gasteiger partial charge in [0, 0.05) is 16.0 Å². The van der Waals surface area contributed by atoms with Gasteiger partial charge >= 0.3 is 0 Å². The van der Waals surface area contributed by atoms with Gasteiger partial charge in [0.1, 0.15) is 0 Å². The number of amides is 1. The van der Waals surface area contributed by atoms with Gasteiger partial charge in [-0.3, -0.25) is 4.79 Å². The Hall–Kier alpha value is -0.520. The minimum absolute atomic E-state index is 0.0805. The van der Waals surface area contributed by atoms with E-state index in [1.165, 1.54) is 0 Å². The Bertz CT molecular complexity index is 439. The standard InChI is InChI=1S/C12H14BrNO2S/c1-7-11(4-5-16-7)14-12(15)9-6-8(17)2-3-10(9)13/h2-3,6-7,11,17H,4-5H2,1H3,(H,14,15). The Kier molecular flexibility index (Phi) is 4.12. The zero-order valence-electron chi connectivity index (χ0n) is 9.44.